The third-order valence-electron chi connectivity index (χ3n) is 2.72. The van der Waals surface area contributed by atoms with Crippen LogP contribution in [0, 0.1) is 5.82 Å². The minimum Gasteiger partial charge on any atom is -0.478 e. The second kappa shape index (κ2) is 4.40. The average Bonchev–Trinajstić information content (AvgIpc) is 2.92. The van der Waals surface area contributed by atoms with Gasteiger partial charge in [-0.25, -0.2) is 19.2 Å². The predicted octanol–water partition coefficient (Wildman–Crippen LogP) is 3.20. The number of carboxylic acids is 1. The normalized spacial score (nSPS) is 10.8. The van der Waals surface area contributed by atoms with E-state index >= 15 is 0 Å². The average molecular weight is 274 g/mol. The topological polar surface area (TPSA) is 63.1 Å². The van der Waals surface area contributed by atoms with Crippen molar-refractivity contribution in [1.29, 1.82) is 0 Å². The lowest BCUT2D eigenvalue weighted by atomic mass is 10.1. The third-order valence-corrected chi connectivity index (χ3v) is 3.30. The van der Waals surface area contributed by atoms with E-state index in [1.807, 2.05) is 0 Å². The molecule has 0 aliphatic rings. The van der Waals surface area contributed by atoms with E-state index in [-0.39, 0.29) is 16.5 Å². The van der Waals surface area contributed by atoms with Crippen LogP contribution in [-0.4, -0.2) is 21.0 Å². The van der Waals surface area contributed by atoms with Crippen LogP contribution in [0.4, 0.5) is 4.39 Å². The Kier molecular flexibility index (Phi) is 2.72. The first-order valence-electron chi connectivity index (χ1n) is 5.38. The lowest BCUT2D eigenvalue weighted by Gasteiger charge is -2.05. The number of halogens is 1. The summed E-state index contributed by atoms with van der Waals surface area (Å²) in [7, 11) is 0. The molecular weight excluding hydrogens is 267 g/mol. The van der Waals surface area contributed by atoms with Gasteiger partial charge in [-0.2, -0.15) is 0 Å². The highest BCUT2D eigenvalue weighted by Crippen LogP contribution is 2.26. The van der Waals surface area contributed by atoms with E-state index in [9.17, 15) is 14.3 Å². The zero-order chi connectivity index (χ0) is 13.4. The van der Waals surface area contributed by atoms with Crippen LogP contribution in [0.15, 0.2) is 35.2 Å². The summed E-state index contributed by atoms with van der Waals surface area (Å²) >= 11 is 1.37. The van der Waals surface area contributed by atoms with Gasteiger partial charge >= 0.3 is 5.97 Å². The molecule has 3 rings (SSSR count). The molecule has 0 radical (unpaired) electrons. The molecule has 6 heteroatoms. The monoisotopic (exact) mass is 274 g/mol. The van der Waals surface area contributed by atoms with E-state index in [4.69, 9.17) is 0 Å². The first kappa shape index (κ1) is 11.7. The summed E-state index contributed by atoms with van der Waals surface area (Å²) in [5.74, 6) is -1.66. The van der Waals surface area contributed by atoms with E-state index in [1.165, 1.54) is 29.5 Å². The van der Waals surface area contributed by atoms with Crippen molar-refractivity contribution in [3.05, 3.63) is 46.5 Å². The Labute approximate surface area is 111 Å². The Morgan fingerprint density at radius 3 is 2.84 bits per heavy atom. The molecule has 2 aromatic heterocycles. The maximum Gasteiger partial charge on any atom is 0.336 e. The van der Waals surface area contributed by atoms with E-state index in [0.717, 1.165) is 0 Å². The van der Waals surface area contributed by atoms with Crippen LogP contribution < -0.4 is 0 Å². The van der Waals surface area contributed by atoms with Crippen LogP contribution in [0.25, 0.3) is 22.3 Å². The molecule has 4 nitrogen and oxygen atoms in total. The Bertz CT molecular complexity index is 772. The summed E-state index contributed by atoms with van der Waals surface area (Å²) in [5.41, 5.74) is 2.58. The molecule has 2 heterocycles. The van der Waals surface area contributed by atoms with Crippen LogP contribution in [0.2, 0.25) is 0 Å². The molecule has 3 aromatic rings. The number of benzene rings is 1. The number of hydrogen-bond donors (Lipinski definition) is 1. The molecular formula is C13H7FN2O2S. The highest BCUT2D eigenvalue weighted by atomic mass is 32.1. The van der Waals surface area contributed by atoms with Gasteiger partial charge in [0.15, 0.2) is 0 Å². The Morgan fingerprint density at radius 1 is 1.32 bits per heavy atom. The number of carboxylic acid groups (broad SMARTS) is 1. The van der Waals surface area contributed by atoms with Crippen LogP contribution in [0.5, 0.6) is 0 Å². The molecule has 0 spiro atoms. The van der Waals surface area contributed by atoms with Gasteiger partial charge in [-0.1, -0.05) is 12.1 Å². The highest BCUT2D eigenvalue weighted by molar-refractivity contribution is 7.07. The molecule has 19 heavy (non-hydrogen) atoms. The summed E-state index contributed by atoms with van der Waals surface area (Å²) < 4.78 is 13.8. The first-order valence-corrected chi connectivity index (χ1v) is 6.32. The molecule has 1 aromatic carbocycles. The number of aromatic carboxylic acids is 1. The zero-order valence-corrected chi connectivity index (χ0v) is 10.3. The fourth-order valence-electron chi connectivity index (χ4n) is 1.86. The minimum absolute atomic E-state index is 0.0208. The van der Waals surface area contributed by atoms with Gasteiger partial charge in [0.05, 0.1) is 22.5 Å². The van der Waals surface area contributed by atoms with Crippen LogP contribution in [0.3, 0.4) is 0 Å². The number of hydrogen-bond acceptors (Lipinski definition) is 4. The van der Waals surface area contributed by atoms with Gasteiger partial charge in [-0.15, -0.1) is 11.3 Å². The summed E-state index contributed by atoms with van der Waals surface area (Å²) in [6, 6.07) is 5.68. The second-order valence-electron chi connectivity index (χ2n) is 3.87. The van der Waals surface area contributed by atoms with Crippen LogP contribution in [-0.2, 0) is 0 Å². The SMILES string of the molecule is O=C(O)c1cc(-c2cscn2)nc2c(F)cccc12. The van der Waals surface area contributed by atoms with Gasteiger partial charge in [-0.05, 0) is 12.1 Å². The molecule has 94 valence electrons. The van der Waals surface area contributed by atoms with Gasteiger partial charge in [0, 0.05) is 10.8 Å². The Hall–Kier alpha value is -2.34. The number of thiazole rings is 1. The molecule has 0 aliphatic heterocycles. The van der Waals surface area contributed by atoms with Crippen molar-refractivity contribution in [2.75, 3.05) is 0 Å². The summed E-state index contributed by atoms with van der Waals surface area (Å²) in [5, 5.41) is 11.2. The number of pyridine rings is 1. The number of nitrogens with zero attached hydrogens (tertiary/aromatic N) is 2. The summed E-state index contributed by atoms with van der Waals surface area (Å²) in [6.07, 6.45) is 0. The number of aromatic nitrogens is 2. The van der Waals surface area contributed by atoms with E-state index in [2.05, 4.69) is 9.97 Å². The predicted molar refractivity (Wildman–Crippen MR) is 69.8 cm³/mol. The lowest BCUT2D eigenvalue weighted by molar-refractivity contribution is 0.0699. The van der Waals surface area contributed by atoms with E-state index in [0.29, 0.717) is 11.4 Å². The molecule has 0 aliphatic carbocycles. The van der Waals surface area contributed by atoms with Gasteiger partial charge in [-0.3, -0.25) is 0 Å². The number of para-hydroxylation sites is 1. The third kappa shape index (κ3) is 1.96. The molecule has 0 saturated carbocycles. The minimum atomic E-state index is -1.12. The molecule has 0 fully saturated rings. The fraction of sp³-hybridized carbons (Fsp3) is 0. The van der Waals surface area contributed by atoms with Gasteiger partial charge in [0.1, 0.15) is 11.3 Å². The fourth-order valence-corrected chi connectivity index (χ4v) is 2.41. The van der Waals surface area contributed by atoms with Crippen LogP contribution in [0.1, 0.15) is 10.4 Å². The molecule has 0 amide bonds. The first-order chi connectivity index (χ1) is 9.16. The van der Waals surface area contributed by atoms with Crippen molar-refractivity contribution in [1.82, 2.24) is 9.97 Å². The quantitative estimate of drug-likeness (QED) is 0.779. The largest absolute Gasteiger partial charge is 0.478 e. The standard InChI is InChI=1S/C13H7FN2O2S/c14-9-3-1-2-7-8(13(17)18)4-10(16-12(7)9)11-5-19-6-15-11/h1-6H,(H,17,18). The second-order valence-corrected chi connectivity index (χ2v) is 4.59. The molecule has 0 bridgehead atoms. The maximum absolute atomic E-state index is 13.8. The van der Waals surface area contributed by atoms with Crippen LogP contribution >= 0.6 is 11.3 Å². The Morgan fingerprint density at radius 2 is 2.16 bits per heavy atom. The van der Waals surface area contributed by atoms with Gasteiger partial charge < -0.3 is 5.11 Å². The smallest absolute Gasteiger partial charge is 0.336 e. The van der Waals surface area contributed by atoms with Crippen molar-refractivity contribution < 1.29 is 14.3 Å². The van der Waals surface area contributed by atoms with E-state index < -0.39 is 11.8 Å². The molecule has 0 unspecified atom stereocenters. The highest BCUT2D eigenvalue weighted by Gasteiger charge is 2.15. The van der Waals surface area contributed by atoms with Crippen molar-refractivity contribution in [3.8, 4) is 11.4 Å². The zero-order valence-electron chi connectivity index (χ0n) is 9.50. The van der Waals surface area contributed by atoms with Crippen molar-refractivity contribution >= 4 is 28.2 Å². The molecule has 0 atom stereocenters. The van der Waals surface area contributed by atoms with Crippen molar-refractivity contribution in [2.45, 2.75) is 0 Å². The van der Waals surface area contributed by atoms with Crippen molar-refractivity contribution in [3.63, 3.8) is 0 Å². The summed E-state index contributed by atoms with van der Waals surface area (Å²) in [6.45, 7) is 0. The number of carbonyl (C=O) groups is 1. The Balaban J connectivity index is 2.38. The number of rotatable bonds is 2. The van der Waals surface area contributed by atoms with E-state index in [1.54, 1.807) is 17.0 Å². The lowest BCUT2D eigenvalue weighted by Crippen LogP contribution is -2.01. The van der Waals surface area contributed by atoms with Gasteiger partial charge in [0.2, 0.25) is 0 Å². The van der Waals surface area contributed by atoms with Crippen molar-refractivity contribution in [2.24, 2.45) is 0 Å². The maximum atomic E-state index is 13.8. The molecule has 1 N–H and O–H groups in total. The number of fused-ring (bicyclic) bond motifs is 1. The molecule has 0 saturated heterocycles. The van der Waals surface area contributed by atoms with Gasteiger partial charge in [0.25, 0.3) is 0 Å². The summed E-state index contributed by atoms with van der Waals surface area (Å²) in [4.78, 5) is 19.5.